The maximum atomic E-state index is 12.0. The van der Waals surface area contributed by atoms with Gasteiger partial charge in [0, 0.05) is 5.69 Å². The molecule has 22 heavy (non-hydrogen) atoms. The van der Waals surface area contributed by atoms with Crippen molar-refractivity contribution in [2.45, 2.75) is 26.2 Å². The predicted molar refractivity (Wildman–Crippen MR) is 86.3 cm³/mol. The van der Waals surface area contributed by atoms with Gasteiger partial charge in [0.1, 0.15) is 5.65 Å². The number of hydrogen-bond acceptors (Lipinski definition) is 3. The summed E-state index contributed by atoms with van der Waals surface area (Å²) in [7, 11) is 0. The Morgan fingerprint density at radius 2 is 1.82 bits per heavy atom. The quantitative estimate of drug-likeness (QED) is 0.778. The number of benzene rings is 1. The summed E-state index contributed by atoms with van der Waals surface area (Å²) >= 11 is 0. The van der Waals surface area contributed by atoms with E-state index in [-0.39, 0.29) is 5.92 Å². The first kappa shape index (κ1) is 14.3. The Hall–Kier alpha value is -2.69. The Labute approximate surface area is 127 Å². The molecule has 0 spiro atoms. The molecule has 0 aliphatic carbocycles. The molecule has 0 unspecified atom stereocenters. The van der Waals surface area contributed by atoms with Gasteiger partial charge < -0.3 is 0 Å². The van der Waals surface area contributed by atoms with Crippen LogP contribution in [0.3, 0.4) is 0 Å². The molecule has 2 heterocycles. The summed E-state index contributed by atoms with van der Waals surface area (Å²) < 4.78 is 0. The average Bonchev–Trinajstić information content (AvgIpc) is 2.48. The smallest absolute Gasteiger partial charge is 0.291 e. The molecule has 5 nitrogen and oxygen atoms in total. The second-order valence-corrected chi connectivity index (χ2v) is 5.65. The van der Waals surface area contributed by atoms with Gasteiger partial charge in [-0.1, -0.05) is 44.2 Å². The van der Waals surface area contributed by atoms with Gasteiger partial charge in [-0.25, -0.2) is 9.78 Å². The van der Waals surface area contributed by atoms with Crippen molar-refractivity contribution in [2.24, 2.45) is 0 Å². The molecule has 0 atom stereocenters. The van der Waals surface area contributed by atoms with Crippen molar-refractivity contribution < 1.29 is 0 Å². The highest BCUT2D eigenvalue weighted by atomic mass is 16.2. The summed E-state index contributed by atoms with van der Waals surface area (Å²) in [6, 6.07) is 11.9. The number of aromatic nitrogens is 3. The highest BCUT2D eigenvalue weighted by molar-refractivity contribution is 5.74. The van der Waals surface area contributed by atoms with Crippen LogP contribution in [0.1, 0.15) is 36.6 Å². The van der Waals surface area contributed by atoms with Crippen molar-refractivity contribution in [1.82, 2.24) is 15.0 Å². The molecular formula is C17H17N3O2. The predicted octanol–water partition coefficient (Wildman–Crippen LogP) is 2.33. The van der Waals surface area contributed by atoms with Gasteiger partial charge in [-0.2, -0.15) is 0 Å². The van der Waals surface area contributed by atoms with Crippen LogP contribution < -0.4 is 11.2 Å². The molecule has 3 aromatic rings. The van der Waals surface area contributed by atoms with Crippen LogP contribution in [0.15, 0.2) is 46.0 Å². The van der Waals surface area contributed by atoms with E-state index in [0.717, 1.165) is 16.8 Å². The summed E-state index contributed by atoms with van der Waals surface area (Å²) in [6.45, 7) is 4.10. The van der Waals surface area contributed by atoms with Crippen molar-refractivity contribution in [3.63, 3.8) is 0 Å². The molecular weight excluding hydrogens is 278 g/mol. The van der Waals surface area contributed by atoms with Crippen LogP contribution in [-0.2, 0) is 6.42 Å². The maximum Gasteiger partial charge on any atom is 0.327 e. The molecule has 0 amide bonds. The lowest BCUT2D eigenvalue weighted by molar-refractivity contribution is 0.807. The van der Waals surface area contributed by atoms with Crippen LogP contribution in [0.5, 0.6) is 0 Å². The standard InChI is InChI=1S/C17H17N3O2/c1-10(2)14-12(8-11-6-4-3-5-7-11)9-13-15(18-14)19-17(22)20-16(13)21/h3-7,9-10H,8H2,1-2H3,(H2,18,19,20,21,22). The van der Waals surface area contributed by atoms with Gasteiger partial charge in [0.2, 0.25) is 0 Å². The molecule has 2 aromatic heterocycles. The Bertz CT molecular complexity index is 924. The summed E-state index contributed by atoms with van der Waals surface area (Å²) in [5, 5.41) is 0.412. The summed E-state index contributed by atoms with van der Waals surface area (Å²) in [5.41, 5.74) is 2.47. The van der Waals surface area contributed by atoms with Crippen molar-refractivity contribution in [2.75, 3.05) is 0 Å². The molecule has 0 aliphatic heterocycles. The van der Waals surface area contributed by atoms with Crippen molar-refractivity contribution in [3.05, 3.63) is 74.1 Å². The molecule has 1 aromatic carbocycles. The third-order valence-corrected chi connectivity index (χ3v) is 3.62. The molecule has 0 saturated carbocycles. The first-order valence-corrected chi connectivity index (χ1v) is 7.24. The first-order chi connectivity index (χ1) is 10.5. The summed E-state index contributed by atoms with van der Waals surface area (Å²) in [5.74, 6) is 0.200. The number of fused-ring (bicyclic) bond motifs is 1. The normalized spacial score (nSPS) is 11.2. The van der Waals surface area contributed by atoms with E-state index < -0.39 is 11.2 Å². The molecule has 112 valence electrons. The first-order valence-electron chi connectivity index (χ1n) is 7.24. The average molecular weight is 295 g/mol. The number of H-pyrrole nitrogens is 2. The molecule has 0 radical (unpaired) electrons. The number of pyridine rings is 1. The van der Waals surface area contributed by atoms with Gasteiger partial charge in [-0.15, -0.1) is 0 Å². The Kier molecular flexibility index (Phi) is 3.63. The lowest BCUT2D eigenvalue weighted by Gasteiger charge is -2.13. The number of aromatic amines is 2. The minimum Gasteiger partial charge on any atom is -0.291 e. The topological polar surface area (TPSA) is 78.6 Å². The highest BCUT2D eigenvalue weighted by Gasteiger charge is 2.13. The fraction of sp³-hybridized carbons (Fsp3) is 0.235. The van der Waals surface area contributed by atoms with E-state index in [9.17, 15) is 9.59 Å². The second-order valence-electron chi connectivity index (χ2n) is 5.65. The third-order valence-electron chi connectivity index (χ3n) is 3.62. The fourth-order valence-electron chi connectivity index (χ4n) is 2.60. The zero-order valence-corrected chi connectivity index (χ0v) is 12.5. The van der Waals surface area contributed by atoms with Crippen molar-refractivity contribution >= 4 is 11.0 Å². The summed E-state index contributed by atoms with van der Waals surface area (Å²) in [6.07, 6.45) is 0.704. The van der Waals surface area contributed by atoms with Crippen LogP contribution in [0.2, 0.25) is 0 Å². The zero-order valence-electron chi connectivity index (χ0n) is 12.5. The number of rotatable bonds is 3. The Balaban J connectivity index is 2.21. The zero-order chi connectivity index (χ0) is 15.7. The monoisotopic (exact) mass is 295 g/mol. The van der Waals surface area contributed by atoms with Crippen LogP contribution in [-0.4, -0.2) is 15.0 Å². The van der Waals surface area contributed by atoms with E-state index in [4.69, 9.17) is 0 Å². The molecule has 0 aliphatic rings. The lowest BCUT2D eigenvalue weighted by Crippen LogP contribution is -2.23. The van der Waals surface area contributed by atoms with Crippen LogP contribution in [0, 0.1) is 0 Å². The van der Waals surface area contributed by atoms with Gasteiger partial charge in [-0.3, -0.25) is 14.8 Å². The highest BCUT2D eigenvalue weighted by Crippen LogP contribution is 2.22. The Morgan fingerprint density at radius 1 is 1.09 bits per heavy atom. The SMILES string of the molecule is CC(C)c1nc2[nH]c(=O)[nH]c(=O)c2cc1Cc1ccccc1. The van der Waals surface area contributed by atoms with Gasteiger partial charge in [-0.05, 0) is 29.5 Å². The molecule has 5 heteroatoms. The van der Waals surface area contributed by atoms with E-state index in [1.54, 1.807) is 0 Å². The van der Waals surface area contributed by atoms with Crippen molar-refractivity contribution in [3.8, 4) is 0 Å². The van der Waals surface area contributed by atoms with Crippen LogP contribution in [0.25, 0.3) is 11.0 Å². The largest absolute Gasteiger partial charge is 0.327 e. The van der Waals surface area contributed by atoms with E-state index in [1.165, 1.54) is 0 Å². The van der Waals surface area contributed by atoms with Crippen molar-refractivity contribution in [1.29, 1.82) is 0 Å². The molecule has 2 N–H and O–H groups in total. The van der Waals surface area contributed by atoms with E-state index in [0.29, 0.717) is 17.5 Å². The van der Waals surface area contributed by atoms with Crippen LogP contribution in [0.4, 0.5) is 0 Å². The van der Waals surface area contributed by atoms with E-state index in [1.807, 2.05) is 50.2 Å². The molecule has 0 bridgehead atoms. The number of nitrogens with one attached hydrogen (secondary N) is 2. The maximum absolute atomic E-state index is 12.0. The summed E-state index contributed by atoms with van der Waals surface area (Å²) in [4.78, 5) is 32.7. The van der Waals surface area contributed by atoms with Gasteiger partial charge in [0.05, 0.1) is 5.39 Å². The molecule has 0 saturated heterocycles. The van der Waals surface area contributed by atoms with Gasteiger partial charge in [0.15, 0.2) is 0 Å². The van der Waals surface area contributed by atoms with E-state index >= 15 is 0 Å². The van der Waals surface area contributed by atoms with Gasteiger partial charge >= 0.3 is 5.69 Å². The second kappa shape index (κ2) is 5.60. The van der Waals surface area contributed by atoms with Gasteiger partial charge in [0.25, 0.3) is 5.56 Å². The Morgan fingerprint density at radius 3 is 2.50 bits per heavy atom. The molecule has 3 rings (SSSR count). The molecule has 0 fully saturated rings. The third kappa shape index (κ3) is 2.70. The fourth-order valence-corrected chi connectivity index (χ4v) is 2.60. The minimum absolute atomic E-state index is 0.200. The lowest BCUT2D eigenvalue weighted by atomic mass is 9.97. The number of hydrogen-bond donors (Lipinski definition) is 2. The number of nitrogens with zero attached hydrogens (tertiary/aromatic N) is 1. The minimum atomic E-state index is -0.532. The van der Waals surface area contributed by atoms with E-state index in [2.05, 4.69) is 15.0 Å². The van der Waals surface area contributed by atoms with Crippen LogP contribution >= 0.6 is 0 Å².